The van der Waals surface area contributed by atoms with Crippen LogP contribution in [0.3, 0.4) is 0 Å². The fraction of sp³-hybridized carbons (Fsp3) is 0.571. The van der Waals surface area contributed by atoms with Crippen molar-refractivity contribution in [2.24, 2.45) is 0 Å². The summed E-state index contributed by atoms with van der Waals surface area (Å²) in [5.41, 5.74) is 0.826. The molecule has 0 aliphatic carbocycles. The number of hydrogen-bond acceptors (Lipinski definition) is 2. The minimum atomic E-state index is -4.33. The highest BCUT2D eigenvalue weighted by molar-refractivity contribution is 9.10. The molecule has 0 spiro atoms. The van der Waals surface area contributed by atoms with Crippen LogP contribution in [-0.4, -0.2) is 32.0 Å². The second kappa shape index (κ2) is 8.70. The third kappa shape index (κ3) is 7.78. The lowest BCUT2D eigenvalue weighted by atomic mass is 10.1. The molecule has 0 radical (unpaired) electrons. The van der Waals surface area contributed by atoms with Gasteiger partial charge in [0.25, 0.3) is 0 Å². The maximum Gasteiger partial charge on any atom is 0.411 e. The Hall–Kier alpha value is -0.660. The summed E-state index contributed by atoms with van der Waals surface area (Å²) in [6.45, 7) is 1.34. The highest BCUT2D eigenvalue weighted by Crippen LogP contribution is 2.18. The average Bonchev–Trinajstić information content (AvgIpc) is 2.38. The SMILES string of the molecule is CCCNC(COCC(F)(F)F)Cc1ccc(F)c(Br)c1. The van der Waals surface area contributed by atoms with Crippen LogP contribution in [0.25, 0.3) is 0 Å². The fourth-order valence-electron chi connectivity index (χ4n) is 1.81. The maximum atomic E-state index is 13.2. The summed E-state index contributed by atoms with van der Waals surface area (Å²) >= 11 is 3.09. The number of benzene rings is 1. The normalized spacial score (nSPS) is 13.4. The zero-order chi connectivity index (χ0) is 15.9. The van der Waals surface area contributed by atoms with Gasteiger partial charge in [-0.3, -0.25) is 0 Å². The van der Waals surface area contributed by atoms with E-state index >= 15 is 0 Å². The van der Waals surface area contributed by atoms with Crippen LogP contribution in [0.15, 0.2) is 22.7 Å². The molecule has 1 rings (SSSR count). The van der Waals surface area contributed by atoms with Crippen molar-refractivity contribution in [3.8, 4) is 0 Å². The molecule has 1 aromatic rings. The van der Waals surface area contributed by atoms with Crippen molar-refractivity contribution in [2.45, 2.75) is 32.0 Å². The molecule has 7 heteroatoms. The number of halogens is 5. The zero-order valence-electron chi connectivity index (χ0n) is 11.6. The van der Waals surface area contributed by atoms with Crippen LogP contribution in [-0.2, 0) is 11.2 Å². The summed E-state index contributed by atoms with van der Waals surface area (Å²) in [7, 11) is 0. The topological polar surface area (TPSA) is 21.3 Å². The minimum absolute atomic E-state index is 0.0471. The Morgan fingerprint density at radius 2 is 2.05 bits per heavy atom. The molecule has 120 valence electrons. The van der Waals surface area contributed by atoms with Crippen LogP contribution in [0.2, 0.25) is 0 Å². The lowest BCUT2D eigenvalue weighted by molar-refractivity contribution is -0.175. The predicted octanol–water partition coefficient (Wildman–Crippen LogP) is 4.08. The second-order valence-corrected chi connectivity index (χ2v) is 5.59. The summed E-state index contributed by atoms with van der Waals surface area (Å²) in [4.78, 5) is 0. The molecule has 0 heterocycles. The van der Waals surface area contributed by atoms with Crippen LogP contribution in [0, 0.1) is 5.82 Å². The first-order chi connectivity index (χ1) is 9.81. The van der Waals surface area contributed by atoms with E-state index in [1.807, 2.05) is 6.92 Å². The van der Waals surface area contributed by atoms with Gasteiger partial charge in [-0.2, -0.15) is 13.2 Å². The molecule has 1 unspecified atom stereocenters. The van der Waals surface area contributed by atoms with Gasteiger partial charge in [0.1, 0.15) is 12.4 Å². The van der Waals surface area contributed by atoms with Crippen molar-refractivity contribution in [3.63, 3.8) is 0 Å². The molecule has 0 aromatic heterocycles. The van der Waals surface area contributed by atoms with E-state index in [4.69, 9.17) is 4.74 Å². The monoisotopic (exact) mass is 371 g/mol. The first-order valence-corrected chi connectivity index (χ1v) is 7.43. The molecular weight excluding hydrogens is 354 g/mol. The minimum Gasteiger partial charge on any atom is -0.370 e. The Labute approximate surface area is 130 Å². The van der Waals surface area contributed by atoms with E-state index in [0.29, 0.717) is 17.4 Å². The van der Waals surface area contributed by atoms with E-state index in [-0.39, 0.29) is 18.5 Å². The van der Waals surface area contributed by atoms with E-state index in [1.54, 1.807) is 12.1 Å². The number of rotatable bonds is 8. The van der Waals surface area contributed by atoms with Crippen LogP contribution >= 0.6 is 15.9 Å². The second-order valence-electron chi connectivity index (χ2n) is 4.73. The molecule has 0 bridgehead atoms. The molecule has 2 nitrogen and oxygen atoms in total. The van der Waals surface area contributed by atoms with Crippen LogP contribution in [0.1, 0.15) is 18.9 Å². The quantitative estimate of drug-likeness (QED) is 0.695. The lowest BCUT2D eigenvalue weighted by Crippen LogP contribution is -2.37. The summed E-state index contributed by atoms with van der Waals surface area (Å²) in [6.07, 6.45) is -2.99. The maximum absolute atomic E-state index is 13.2. The molecule has 0 amide bonds. The highest BCUT2D eigenvalue weighted by Gasteiger charge is 2.27. The zero-order valence-corrected chi connectivity index (χ0v) is 13.2. The van der Waals surface area contributed by atoms with Gasteiger partial charge in [0.15, 0.2) is 0 Å². The lowest BCUT2D eigenvalue weighted by Gasteiger charge is -2.19. The Kier molecular flexibility index (Phi) is 7.62. The predicted molar refractivity (Wildman–Crippen MR) is 76.8 cm³/mol. The van der Waals surface area contributed by atoms with E-state index in [9.17, 15) is 17.6 Å². The molecule has 0 saturated heterocycles. The van der Waals surface area contributed by atoms with Crippen molar-refractivity contribution in [1.29, 1.82) is 0 Å². The van der Waals surface area contributed by atoms with Crippen molar-refractivity contribution < 1.29 is 22.3 Å². The first kappa shape index (κ1) is 18.4. The number of alkyl halides is 3. The summed E-state index contributed by atoms with van der Waals surface area (Å²) in [5, 5.41) is 3.14. The molecule has 0 saturated carbocycles. The van der Waals surface area contributed by atoms with Gasteiger partial charge < -0.3 is 10.1 Å². The Morgan fingerprint density at radius 3 is 2.62 bits per heavy atom. The third-order valence-corrected chi connectivity index (χ3v) is 3.34. The van der Waals surface area contributed by atoms with Gasteiger partial charge in [0, 0.05) is 6.04 Å². The van der Waals surface area contributed by atoms with E-state index in [1.165, 1.54) is 6.07 Å². The van der Waals surface area contributed by atoms with Gasteiger partial charge in [-0.25, -0.2) is 4.39 Å². The Morgan fingerprint density at radius 1 is 1.33 bits per heavy atom. The Bertz CT molecular complexity index is 439. The molecule has 21 heavy (non-hydrogen) atoms. The van der Waals surface area contributed by atoms with Crippen molar-refractivity contribution >= 4 is 15.9 Å². The van der Waals surface area contributed by atoms with Gasteiger partial charge >= 0.3 is 6.18 Å². The largest absolute Gasteiger partial charge is 0.411 e. The summed E-state index contributed by atoms with van der Waals surface area (Å²) < 4.78 is 54.5. The van der Waals surface area contributed by atoms with Gasteiger partial charge in [0.2, 0.25) is 0 Å². The molecule has 0 fully saturated rings. The average molecular weight is 372 g/mol. The smallest absolute Gasteiger partial charge is 0.370 e. The molecule has 0 aliphatic rings. The highest BCUT2D eigenvalue weighted by atomic mass is 79.9. The van der Waals surface area contributed by atoms with Crippen molar-refractivity contribution in [2.75, 3.05) is 19.8 Å². The van der Waals surface area contributed by atoms with Crippen LogP contribution < -0.4 is 5.32 Å². The van der Waals surface area contributed by atoms with Crippen LogP contribution in [0.5, 0.6) is 0 Å². The number of nitrogens with one attached hydrogen (secondary N) is 1. The fourth-order valence-corrected chi connectivity index (χ4v) is 2.23. The molecule has 1 N–H and O–H groups in total. The summed E-state index contributed by atoms with van der Waals surface area (Å²) in [5.74, 6) is -0.370. The third-order valence-electron chi connectivity index (χ3n) is 2.73. The van der Waals surface area contributed by atoms with Crippen molar-refractivity contribution in [3.05, 3.63) is 34.1 Å². The van der Waals surface area contributed by atoms with Crippen LogP contribution in [0.4, 0.5) is 17.6 Å². The molecule has 1 atom stereocenters. The first-order valence-electron chi connectivity index (χ1n) is 6.63. The van der Waals surface area contributed by atoms with Gasteiger partial charge in [-0.15, -0.1) is 0 Å². The Balaban J connectivity index is 2.57. The molecular formula is C14H18BrF4NO. The molecule has 0 aliphatic heterocycles. The van der Waals surface area contributed by atoms with E-state index < -0.39 is 12.8 Å². The number of ether oxygens (including phenoxy) is 1. The standard InChI is InChI=1S/C14H18BrF4NO/c1-2-5-20-11(8-21-9-14(17,18)19)6-10-3-4-13(16)12(15)7-10/h3-4,7,11,20H,2,5-6,8-9H2,1H3. The van der Waals surface area contributed by atoms with E-state index in [2.05, 4.69) is 21.2 Å². The number of hydrogen-bond donors (Lipinski definition) is 1. The van der Waals surface area contributed by atoms with Gasteiger partial charge in [0.05, 0.1) is 11.1 Å². The van der Waals surface area contributed by atoms with E-state index in [0.717, 1.165) is 12.0 Å². The van der Waals surface area contributed by atoms with Gasteiger partial charge in [-0.05, 0) is 53.0 Å². The van der Waals surface area contributed by atoms with Crippen molar-refractivity contribution in [1.82, 2.24) is 5.32 Å². The summed E-state index contributed by atoms with van der Waals surface area (Å²) in [6, 6.07) is 4.32. The van der Waals surface area contributed by atoms with Gasteiger partial charge in [-0.1, -0.05) is 13.0 Å². The molecule has 1 aromatic carbocycles.